The van der Waals surface area contributed by atoms with Crippen LogP contribution >= 0.6 is 0 Å². The van der Waals surface area contributed by atoms with Gasteiger partial charge in [-0.05, 0) is 23.3 Å². The van der Waals surface area contributed by atoms with E-state index in [1.54, 1.807) is 6.20 Å². The first-order chi connectivity index (χ1) is 8.75. The van der Waals surface area contributed by atoms with E-state index >= 15 is 0 Å². The molecule has 0 fully saturated rings. The molecule has 0 atom stereocenters. The summed E-state index contributed by atoms with van der Waals surface area (Å²) in [6.07, 6.45) is 1.65. The molecule has 88 valence electrons. The molecule has 0 bridgehead atoms. The number of hydrogen-bond donors (Lipinski definition) is 1. The molecule has 1 heterocycles. The van der Waals surface area contributed by atoms with Crippen LogP contribution in [0.25, 0.3) is 22.0 Å². The average molecular weight is 237 g/mol. The highest BCUT2D eigenvalue weighted by Gasteiger charge is 2.07. The molecule has 0 aliphatic heterocycles. The van der Waals surface area contributed by atoms with Crippen LogP contribution in [-0.2, 0) is 0 Å². The first-order valence-corrected chi connectivity index (χ1v) is 5.59. The van der Waals surface area contributed by atoms with Gasteiger partial charge >= 0.3 is 6.03 Å². The molecule has 3 rings (SSSR count). The van der Waals surface area contributed by atoms with Gasteiger partial charge in [0, 0.05) is 5.39 Å². The molecule has 1 aromatic heterocycles. The van der Waals surface area contributed by atoms with Crippen molar-refractivity contribution in [1.82, 2.24) is 9.78 Å². The molecule has 18 heavy (non-hydrogen) atoms. The Labute approximate surface area is 104 Å². The molecular weight excluding hydrogens is 226 g/mol. The summed E-state index contributed by atoms with van der Waals surface area (Å²) in [5, 5.41) is 4.87. The van der Waals surface area contributed by atoms with E-state index in [1.807, 2.05) is 48.5 Å². The van der Waals surface area contributed by atoms with E-state index in [4.69, 9.17) is 5.73 Å². The fourth-order valence-electron chi connectivity index (χ4n) is 2.02. The number of rotatable bonds is 1. The van der Waals surface area contributed by atoms with Crippen molar-refractivity contribution < 1.29 is 4.79 Å². The van der Waals surface area contributed by atoms with Crippen molar-refractivity contribution in [3.63, 3.8) is 0 Å². The van der Waals surface area contributed by atoms with Crippen LogP contribution in [0.5, 0.6) is 0 Å². The lowest BCUT2D eigenvalue weighted by Crippen LogP contribution is -2.20. The Morgan fingerprint density at radius 2 is 1.83 bits per heavy atom. The van der Waals surface area contributed by atoms with Gasteiger partial charge in [0.1, 0.15) is 0 Å². The van der Waals surface area contributed by atoms with Gasteiger partial charge < -0.3 is 5.73 Å². The predicted octanol–water partition coefficient (Wildman–Crippen LogP) is 2.63. The number of carbonyl (C=O) groups is 1. The third-order valence-electron chi connectivity index (χ3n) is 2.88. The quantitative estimate of drug-likeness (QED) is 0.707. The minimum Gasteiger partial charge on any atom is -0.350 e. The van der Waals surface area contributed by atoms with Crippen LogP contribution in [0.1, 0.15) is 0 Å². The SMILES string of the molecule is NC(=O)n1ncc2cc(-c3ccccc3)ccc21. The molecule has 4 heteroatoms. The van der Waals surface area contributed by atoms with Gasteiger partial charge in [-0.25, -0.2) is 4.79 Å². The maximum Gasteiger partial charge on any atom is 0.340 e. The van der Waals surface area contributed by atoms with E-state index in [1.165, 1.54) is 4.68 Å². The van der Waals surface area contributed by atoms with Gasteiger partial charge in [-0.3, -0.25) is 0 Å². The largest absolute Gasteiger partial charge is 0.350 e. The van der Waals surface area contributed by atoms with E-state index in [0.717, 1.165) is 22.0 Å². The lowest BCUT2D eigenvalue weighted by molar-refractivity contribution is 0.248. The summed E-state index contributed by atoms with van der Waals surface area (Å²) in [6.45, 7) is 0. The molecule has 2 N–H and O–H groups in total. The minimum absolute atomic E-state index is 0.572. The molecule has 0 aliphatic rings. The molecule has 2 aromatic carbocycles. The Kier molecular flexibility index (Phi) is 2.34. The van der Waals surface area contributed by atoms with Gasteiger partial charge in [0.2, 0.25) is 0 Å². The van der Waals surface area contributed by atoms with Gasteiger partial charge in [-0.1, -0.05) is 36.4 Å². The van der Waals surface area contributed by atoms with Gasteiger partial charge in [-0.15, -0.1) is 0 Å². The number of carbonyl (C=O) groups excluding carboxylic acids is 1. The summed E-state index contributed by atoms with van der Waals surface area (Å²) in [5.41, 5.74) is 8.18. The first-order valence-electron chi connectivity index (χ1n) is 5.59. The number of hydrogen-bond acceptors (Lipinski definition) is 2. The summed E-state index contributed by atoms with van der Waals surface area (Å²) in [7, 11) is 0. The predicted molar refractivity (Wildman–Crippen MR) is 70.2 cm³/mol. The number of amides is 1. The molecule has 0 aliphatic carbocycles. The van der Waals surface area contributed by atoms with Crippen LogP contribution in [0.15, 0.2) is 54.7 Å². The number of primary amides is 1. The van der Waals surface area contributed by atoms with Crippen molar-refractivity contribution in [3.05, 3.63) is 54.7 Å². The summed E-state index contributed by atoms with van der Waals surface area (Å²) >= 11 is 0. The number of fused-ring (bicyclic) bond motifs is 1. The van der Waals surface area contributed by atoms with Crippen molar-refractivity contribution in [2.75, 3.05) is 0 Å². The van der Waals surface area contributed by atoms with Crippen LogP contribution < -0.4 is 5.73 Å². The fraction of sp³-hybridized carbons (Fsp3) is 0. The maximum absolute atomic E-state index is 11.2. The van der Waals surface area contributed by atoms with E-state index in [9.17, 15) is 4.79 Å². The highest BCUT2D eigenvalue weighted by Crippen LogP contribution is 2.23. The Hall–Kier alpha value is -2.62. The molecule has 0 spiro atoms. The van der Waals surface area contributed by atoms with Gasteiger partial charge in [0.15, 0.2) is 0 Å². The van der Waals surface area contributed by atoms with Crippen molar-refractivity contribution in [2.24, 2.45) is 5.73 Å². The lowest BCUT2D eigenvalue weighted by Gasteiger charge is -2.02. The summed E-state index contributed by atoms with van der Waals surface area (Å²) in [6, 6.07) is 15.3. The topological polar surface area (TPSA) is 60.9 Å². The van der Waals surface area contributed by atoms with E-state index in [2.05, 4.69) is 5.10 Å². The Balaban J connectivity index is 2.16. The minimum atomic E-state index is -0.572. The third-order valence-corrected chi connectivity index (χ3v) is 2.88. The zero-order valence-corrected chi connectivity index (χ0v) is 9.58. The molecule has 0 saturated heterocycles. The Morgan fingerprint density at radius 3 is 2.56 bits per heavy atom. The molecule has 3 aromatic rings. The third kappa shape index (κ3) is 1.64. The van der Waals surface area contributed by atoms with Gasteiger partial charge in [-0.2, -0.15) is 9.78 Å². The van der Waals surface area contributed by atoms with Crippen molar-refractivity contribution in [1.29, 1.82) is 0 Å². The summed E-state index contributed by atoms with van der Waals surface area (Å²) in [5.74, 6) is 0. The Morgan fingerprint density at radius 1 is 1.06 bits per heavy atom. The van der Waals surface area contributed by atoms with Crippen LogP contribution in [0.3, 0.4) is 0 Å². The zero-order valence-electron chi connectivity index (χ0n) is 9.58. The highest BCUT2D eigenvalue weighted by molar-refractivity contribution is 5.91. The van der Waals surface area contributed by atoms with Crippen molar-refractivity contribution in [2.45, 2.75) is 0 Å². The van der Waals surface area contributed by atoms with E-state index < -0.39 is 6.03 Å². The molecular formula is C14H11N3O. The second kappa shape index (κ2) is 4.00. The maximum atomic E-state index is 11.2. The van der Waals surface area contributed by atoms with Crippen LogP contribution in [0.4, 0.5) is 4.79 Å². The van der Waals surface area contributed by atoms with Crippen LogP contribution in [0.2, 0.25) is 0 Å². The second-order valence-corrected chi connectivity index (χ2v) is 4.03. The smallest absolute Gasteiger partial charge is 0.340 e. The zero-order chi connectivity index (χ0) is 12.5. The van der Waals surface area contributed by atoms with E-state index in [-0.39, 0.29) is 0 Å². The summed E-state index contributed by atoms with van der Waals surface area (Å²) in [4.78, 5) is 11.2. The normalized spacial score (nSPS) is 10.7. The number of aromatic nitrogens is 2. The number of nitrogens with two attached hydrogens (primary N) is 1. The second-order valence-electron chi connectivity index (χ2n) is 4.03. The van der Waals surface area contributed by atoms with E-state index in [0.29, 0.717) is 0 Å². The summed E-state index contributed by atoms with van der Waals surface area (Å²) < 4.78 is 1.20. The number of nitrogens with zero attached hydrogens (tertiary/aromatic N) is 2. The molecule has 0 unspecified atom stereocenters. The lowest BCUT2D eigenvalue weighted by atomic mass is 10.0. The fourth-order valence-corrected chi connectivity index (χ4v) is 2.02. The van der Waals surface area contributed by atoms with Crippen molar-refractivity contribution in [3.8, 4) is 11.1 Å². The highest BCUT2D eigenvalue weighted by atomic mass is 16.2. The molecule has 4 nitrogen and oxygen atoms in total. The monoisotopic (exact) mass is 237 g/mol. The first kappa shape index (κ1) is 10.5. The number of benzene rings is 2. The Bertz CT molecular complexity index is 716. The average Bonchev–Trinajstić information content (AvgIpc) is 2.82. The molecule has 0 radical (unpaired) electrons. The van der Waals surface area contributed by atoms with Gasteiger partial charge in [0.05, 0.1) is 11.7 Å². The van der Waals surface area contributed by atoms with Crippen LogP contribution in [-0.4, -0.2) is 15.8 Å². The molecule has 1 amide bonds. The molecule has 0 saturated carbocycles. The van der Waals surface area contributed by atoms with Crippen molar-refractivity contribution >= 4 is 16.9 Å². The van der Waals surface area contributed by atoms with Crippen LogP contribution in [0, 0.1) is 0 Å². The van der Waals surface area contributed by atoms with Gasteiger partial charge in [0.25, 0.3) is 0 Å². The standard InChI is InChI=1S/C14H11N3O/c15-14(18)17-13-7-6-11(8-12(13)9-16-17)10-4-2-1-3-5-10/h1-9H,(H2,15,18).